The highest BCUT2D eigenvalue weighted by molar-refractivity contribution is 6.04. The highest BCUT2D eigenvalue weighted by Crippen LogP contribution is 2.43. The Morgan fingerprint density at radius 1 is 1.15 bits per heavy atom. The molecular weight excluding hydrogens is 512 g/mol. The highest BCUT2D eigenvalue weighted by Gasteiger charge is 2.43. The SMILES string of the molecule is COCCCN1C(=O)C(C)(C)Oc2ccc(N(C(=O)[C@H]3CNC[C@@H](C(=O)NC4(C)CCOCC4)C3)C3CC3)cc21. The number of benzene rings is 1. The molecule has 10 heteroatoms. The van der Waals surface area contributed by atoms with Crippen LogP contribution < -0.4 is 25.2 Å². The molecule has 1 aromatic rings. The number of carbonyl (C=O) groups excluding carboxylic acids is 3. The summed E-state index contributed by atoms with van der Waals surface area (Å²) in [5.41, 5.74) is 0.206. The van der Waals surface area contributed by atoms with Crippen LogP contribution >= 0.6 is 0 Å². The van der Waals surface area contributed by atoms with E-state index in [0.29, 0.717) is 63.7 Å². The number of anilines is 2. The summed E-state index contributed by atoms with van der Waals surface area (Å²) in [4.78, 5) is 44.2. The van der Waals surface area contributed by atoms with Crippen LogP contribution in [0.4, 0.5) is 11.4 Å². The van der Waals surface area contributed by atoms with Gasteiger partial charge in [-0.2, -0.15) is 0 Å². The lowest BCUT2D eigenvalue weighted by Gasteiger charge is -2.40. The molecule has 2 saturated heterocycles. The lowest BCUT2D eigenvalue weighted by molar-refractivity contribution is -0.133. The van der Waals surface area contributed by atoms with Gasteiger partial charge in [0, 0.05) is 63.8 Å². The predicted molar refractivity (Wildman–Crippen MR) is 152 cm³/mol. The van der Waals surface area contributed by atoms with Crippen molar-refractivity contribution in [1.29, 1.82) is 0 Å². The molecule has 3 amide bonds. The van der Waals surface area contributed by atoms with Crippen molar-refractivity contribution in [3.8, 4) is 5.75 Å². The number of hydrogen-bond donors (Lipinski definition) is 2. The zero-order valence-corrected chi connectivity index (χ0v) is 24.3. The molecule has 220 valence electrons. The highest BCUT2D eigenvalue weighted by atomic mass is 16.5. The maximum absolute atomic E-state index is 14.0. The summed E-state index contributed by atoms with van der Waals surface area (Å²) < 4.78 is 16.8. The topological polar surface area (TPSA) is 109 Å². The molecule has 0 radical (unpaired) electrons. The van der Waals surface area contributed by atoms with Crippen LogP contribution in [0.15, 0.2) is 18.2 Å². The Kier molecular flexibility index (Phi) is 8.40. The number of nitrogens with zero attached hydrogens (tertiary/aromatic N) is 2. The Hall–Kier alpha value is -2.69. The van der Waals surface area contributed by atoms with Crippen LogP contribution in [-0.2, 0) is 23.9 Å². The molecule has 3 aliphatic heterocycles. The summed E-state index contributed by atoms with van der Waals surface area (Å²) in [5, 5.41) is 6.59. The van der Waals surface area contributed by atoms with Crippen LogP contribution in [0.3, 0.4) is 0 Å². The molecule has 10 nitrogen and oxygen atoms in total. The number of amides is 3. The van der Waals surface area contributed by atoms with Gasteiger partial charge in [0.2, 0.25) is 11.8 Å². The van der Waals surface area contributed by atoms with E-state index in [2.05, 4.69) is 17.6 Å². The molecule has 1 aliphatic carbocycles. The first-order valence-corrected chi connectivity index (χ1v) is 14.7. The Bertz CT molecular complexity index is 1110. The minimum Gasteiger partial charge on any atom is -0.476 e. The van der Waals surface area contributed by atoms with Crippen LogP contribution in [-0.4, -0.2) is 81.5 Å². The van der Waals surface area contributed by atoms with Gasteiger partial charge in [0.25, 0.3) is 5.91 Å². The van der Waals surface area contributed by atoms with E-state index < -0.39 is 5.60 Å². The van der Waals surface area contributed by atoms with E-state index in [0.717, 1.165) is 31.4 Å². The summed E-state index contributed by atoms with van der Waals surface area (Å²) in [6.07, 6.45) is 4.66. The Morgan fingerprint density at radius 2 is 1.88 bits per heavy atom. The number of methoxy groups -OCH3 is 1. The van der Waals surface area contributed by atoms with E-state index in [9.17, 15) is 14.4 Å². The van der Waals surface area contributed by atoms with E-state index in [1.807, 2.05) is 23.1 Å². The normalized spacial score (nSPS) is 25.5. The summed E-state index contributed by atoms with van der Waals surface area (Å²) in [6.45, 7) is 9.08. The molecule has 0 unspecified atom stereocenters. The molecule has 3 heterocycles. The number of fused-ring (bicyclic) bond motifs is 1. The minimum atomic E-state index is -0.974. The third kappa shape index (κ3) is 6.14. The molecule has 1 aromatic carbocycles. The molecule has 3 fully saturated rings. The summed E-state index contributed by atoms with van der Waals surface area (Å²) in [7, 11) is 1.65. The zero-order chi connectivity index (χ0) is 28.5. The largest absolute Gasteiger partial charge is 0.476 e. The average molecular weight is 557 g/mol. The van der Waals surface area contributed by atoms with Gasteiger partial charge in [-0.15, -0.1) is 0 Å². The maximum atomic E-state index is 14.0. The predicted octanol–water partition coefficient (Wildman–Crippen LogP) is 2.63. The molecule has 5 rings (SSSR count). The van der Waals surface area contributed by atoms with Gasteiger partial charge in [-0.1, -0.05) is 0 Å². The van der Waals surface area contributed by atoms with Crippen LogP contribution in [0.5, 0.6) is 5.75 Å². The molecule has 4 aliphatic rings. The van der Waals surface area contributed by atoms with Crippen LogP contribution in [0, 0.1) is 11.8 Å². The van der Waals surface area contributed by atoms with Crippen LogP contribution in [0.25, 0.3) is 0 Å². The van der Waals surface area contributed by atoms with Gasteiger partial charge in [-0.3, -0.25) is 14.4 Å². The minimum absolute atomic E-state index is 0.00568. The fourth-order valence-corrected chi connectivity index (χ4v) is 6.02. The van der Waals surface area contributed by atoms with Crippen LogP contribution in [0.2, 0.25) is 0 Å². The fraction of sp³-hybridized carbons (Fsp3) is 0.700. The van der Waals surface area contributed by atoms with Gasteiger partial charge in [0.15, 0.2) is 5.60 Å². The molecule has 1 saturated carbocycles. The van der Waals surface area contributed by atoms with Crippen LogP contribution in [0.1, 0.15) is 59.3 Å². The first-order valence-electron chi connectivity index (χ1n) is 14.7. The third-order valence-electron chi connectivity index (χ3n) is 8.61. The first kappa shape index (κ1) is 28.8. The Labute approximate surface area is 237 Å². The third-order valence-corrected chi connectivity index (χ3v) is 8.61. The van der Waals surface area contributed by atoms with Crippen molar-refractivity contribution in [2.45, 2.75) is 76.5 Å². The quantitative estimate of drug-likeness (QED) is 0.450. The summed E-state index contributed by atoms with van der Waals surface area (Å²) in [5.74, 6) is -0.0207. The number of piperidine rings is 1. The number of rotatable bonds is 9. The Balaban J connectivity index is 1.34. The molecule has 2 atom stereocenters. The smallest absolute Gasteiger partial charge is 0.270 e. The molecule has 0 aromatic heterocycles. The standard InChI is InChI=1S/C30H44N4O6/c1-29(2)28(37)33(12-5-13-38-4)24-17-23(8-9-25(24)40-29)34(22-6-7-22)27(36)21-16-20(18-31-19-21)26(35)32-30(3)10-14-39-15-11-30/h8-9,17,20-22,31H,5-7,10-16,18-19H2,1-4H3,(H,32,35)/t20-,21+/m0/s1. The van der Waals surface area contributed by atoms with Gasteiger partial charge in [0.05, 0.1) is 17.5 Å². The van der Waals surface area contributed by atoms with Crippen molar-refractivity contribution in [3.63, 3.8) is 0 Å². The molecule has 0 spiro atoms. The monoisotopic (exact) mass is 556 g/mol. The second kappa shape index (κ2) is 11.7. The van der Waals surface area contributed by atoms with E-state index in [4.69, 9.17) is 14.2 Å². The lowest BCUT2D eigenvalue weighted by atomic mass is 9.86. The van der Waals surface area contributed by atoms with E-state index >= 15 is 0 Å². The summed E-state index contributed by atoms with van der Waals surface area (Å²) in [6, 6.07) is 5.83. The molecular formula is C30H44N4O6. The molecule has 40 heavy (non-hydrogen) atoms. The average Bonchev–Trinajstić information content (AvgIpc) is 3.76. The fourth-order valence-electron chi connectivity index (χ4n) is 6.02. The number of carbonyl (C=O) groups is 3. The van der Waals surface area contributed by atoms with E-state index in [-0.39, 0.29) is 41.1 Å². The molecule has 2 N–H and O–H groups in total. The second-order valence-corrected chi connectivity index (χ2v) is 12.5. The van der Waals surface area contributed by atoms with Gasteiger partial charge >= 0.3 is 0 Å². The van der Waals surface area contributed by atoms with Crippen molar-refractivity contribution >= 4 is 29.1 Å². The van der Waals surface area contributed by atoms with Crippen molar-refractivity contribution in [2.24, 2.45) is 11.8 Å². The van der Waals surface area contributed by atoms with E-state index in [1.165, 1.54) is 0 Å². The van der Waals surface area contributed by atoms with Gasteiger partial charge < -0.3 is 34.6 Å². The maximum Gasteiger partial charge on any atom is 0.270 e. The van der Waals surface area contributed by atoms with Crippen molar-refractivity contribution in [1.82, 2.24) is 10.6 Å². The van der Waals surface area contributed by atoms with Gasteiger partial charge in [0.1, 0.15) is 5.75 Å². The second-order valence-electron chi connectivity index (χ2n) is 12.5. The lowest BCUT2D eigenvalue weighted by Crippen LogP contribution is -2.55. The van der Waals surface area contributed by atoms with Crippen molar-refractivity contribution < 1.29 is 28.6 Å². The van der Waals surface area contributed by atoms with Gasteiger partial charge in [-0.25, -0.2) is 0 Å². The van der Waals surface area contributed by atoms with Crippen molar-refractivity contribution in [2.75, 3.05) is 56.4 Å². The first-order chi connectivity index (χ1) is 19.1. The number of nitrogens with one attached hydrogen (secondary N) is 2. The van der Waals surface area contributed by atoms with E-state index in [1.54, 1.807) is 25.9 Å². The summed E-state index contributed by atoms with van der Waals surface area (Å²) >= 11 is 0. The number of hydrogen-bond acceptors (Lipinski definition) is 7. The Morgan fingerprint density at radius 3 is 2.58 bits per heavy atom. The van der Waals surface area contributed by atoms with Crippen molar-refractivity contribution in [3.05, 3.63) is 18.2 Å². The molecule has 0 bridgehead atoms. The van der Waals surface area contributed by atoms with Gasteiger partial charge in [-0.05, 0) is 77.5 Å². The number of ether oxygens (including phenoxy) is 3. The zero-order valence-electron chi connectivity index (χ0n) is 24.3.